The third-order valence-corrected chi connectivity index (χ3v) is 6.54. The Morgan fingerprint density at radius 2 is 2.05 bits per heavy atom. The number of carbonyl (C=O) groups is 2. The average Bonchev–Trinajstić information content (AvgIpc) is 3.29. The van der Waals surface area contributed by atoms with Crippen LogP contribution in [0.1, 0.15) is 31.1 Å². The highest BCUT2D eigenvalue weighted by molar-refractivity contribution is 6.32. The van der Waals surface area contributed by atoms with Crippen molar-refractivity contribution >= 4 is 52.1 Å². The van der Waals surface area contributed by atoms with Crippen molar-refractivity contribution in [3.63, 3.8) is 0 Å². The molecule has 1 aliphatic heterocycles. The summed E-state index contributed by atoms with van der Waals surface area (Å²) in [6.45, 7) is 0. The van der Waals surface area contributed by atoms with Gasteiger partial charge in [-0.2, -0.15) is 0 Å². The van der Waals surface area contributed by atoms with E-state index in [9.17, 15) is 14.0 Å². The summed E-state index contributed by atoms with van der Waals surface area (Å²) in [5.74, 6) is 4.71. The highest BCUT2D eigenvalue weighted by Crippen LogP contribution is 2.35. The molecular weight excluding hydrogens is 546 g/mol. The molecule has 4 rings (SSSR count). The van der Waals surface area contributed by atoms with Crippen molar-refractivity contribution in [3.8, 4) is 11.3 Å². The number of aromatic nitrogens is 2. The first kappa shape index (κ1) is 28.0. The molecule has 2 aromatic carbocycles. The molecule has 8 N–H and O–H groups in total. The summed E-state index contributed by atoms with van der Waals surface area (Å²) in [6.07, 6.45) is 5.84. The predicted octanol–water partition coefficient (Wildman–Crippen LogP) is 4.58. The molecule has 2 heterocycles. The number of nitrogens with two attached hydrogens (primary N) is 2. The standard InChI is InChI=1S/C26H27Cl2FN8O2/c1-32-14-10-11-15-19(12-14)33-21(38)9-4-2-3-7-18(25-35-23(15)24(28)36-25)34-26(39)17(30)13-37(31)20-8-5-6-16(27)22(20)29/h2-3,5-6,8,10-13,18,32H,4,7,9,30-31H2,1H3,(H,33,38)(H,34,39)(H,35,36)/b3-2+,17-13-/t18-/m0/s1. The van der Waals surface area contributed by atoms with Gasteiger partial charge in [-0.05, 0) is 43.2 Å². The zero-order valence-corrected chi connectivity index (χ0v) is 22.4. The zero-order chi connectivity index (χ0) is 28.1. The smallest absolute Gasteiger partial charge is 0.269 e. The number of hydrazine groups is 1. The number of anilines is 3. The van der Waals surface area contributed by atoms with Crippen molar-refractivity contribution in [1.82, 2.24) is 15.3 Å². The largest absolute Gasteiger partial charge is 0.393 e. The number of H-pyrrole nitrogens is 1. The van der Waals surface area contributed by atoms with E-state index in [1.54, 1.807) is 19.2 Å². The second-order valence-electron chi connectivity index (χ2n) is 8.68. The molecule has 0 aliphatic carbocycles. The van der Waals surface area contributed by atoms with Crippen LogP contribution in [-0.4, -0.2) is 28.8 Å². The fraction of sp³-hybridized carbons (Fsp3) is 0.192. The van der Waals surface area contributed by atoms with E-state index in [0.717, 1.165) is 16.9 Å². The summed E-state index contributed by atoms with van der Waals surface area (Å²) >= 11 is 12.4. The van der Waals surface area contributed by atoms with Gasteiger partial charge in [-0.3, -0.25) is 14.6 Å². The summed E-state index contributed by atoms with van der Waals surface area (Å²) in [7, 11) is 1.77. The fourth-order valence-corrected chi connectivity index (χ4v) is 4.36. The molecule has 2 bridgehead atoms. The van der Waals surface area contributed by atoms with E-state index in [-0.39, 0.29) is 33.9 Å². The number of amides is 2. The van der Waals surface area contributed by atoms with Gasteiger partial charge in [0, 0.05) is 24.7 Å². The summed E-state index contributed by atoms with van der Waals surface area (Å²) in [5.41, 5.74) is 8.00. The van der Waals surface area contributed by atoms with Gasteiger partial charge in [0.2, 0.25) is 5.91 Å². The van der Waals surface area contributed by atoms with Crippen LogP contribution in [0.25, 0.3) is 11.3 Å². The maximum atomic E-state index is 14.3. The number of hydrogen-bond acceptors (Lipinski definition) is 7. The topological polar surface area (TPSA) is 154 Å². The van der Waals surface area contributed by atoms with E-state index in [4.69, 9.17) is 34.8 Å². The second kappa shape index (κ2) is 12.2. The lowest BCUT2D eigenvalue weighted by Gasteiger charge is -2.18. The molecule has 0 radical (unpaired) electrons. The number of allylic oxidation sites excluding steroid dienone is 1. The Bertz CT molecular complexity index is 1460. The van der Waals surface area contributed by atoms with Crippen molar-refractivity contribution in [1.29, 1.82) is 0 Å². The lowest BCUT2D eigenvalue weighted by Crippen LogP contribution is -2.35. The van der Waals surface area contributed by atoms with Crippen LogP contribution in [0, 0.1) is 5.82 Å². The number of nitrogens with zero attached hydrogens (tertiary/aromatic N) is 2. The number of aromatic amines is 1. The summed E-state index contributed by atoms with van der Waals surface area (Å²) in [6, 6.07) is 9.05. The van der Waals surface area contributed by atoms with Gasteiger partial charge < -0.3 is 26.7 Å². The first-order valence-electron chi connectivity index (χ1n) is 12.0. The molecule has 0 saturated carbocycles. The number of rotatable bonds is 5. The maximum absolute atomic E-state index is 14.3. The van der Waals surface area contributed by atoms with Crippen molar-refractivity contribution < 1.29 is 14.0 Å². The molecule has 10 nitrogen and oxygen atoms in total. The van der Waals surface area contributed by atoms with Crippen LogP contribution in [0.2, 0.25) is 10.2 Å². The molecule has 1 aliphatic rings. The molecular formula is C26H27Cl2FN8O2. The van der Waals surface area contributed by atoms with Gasteiger partial charge in [0.05, 0.1) is 28.6 Å². The molecule has 1 aromatic heterocycles. The number of carbonyl (C=O) groups excluding carboxylic acids is 2. The van der Waals surface area contributed by atoms with Crippen LogP contribution in [-0.2, 0) is 9.59 Å². The molecule has 3 aromatic rings. The van der Waals surface area contributed by atoms with Gasteiger partial charge >= 0.3 is 0 Å². The van der Waals surface area contributed by atoms with E-state index in [2.05, 4.69) is 25.9 Å². The Morgan fingerprint density at radius 1 is 1.26 bits per heavy atom. The summed E-state index contributed by atoms with van der Waals surface area (Å²) in [4.78, 5) is 33.2. The molecule has 2 amide bonds. The van der Waals surface area contributed by atoms with Gasteiger partial charge in [0.25, 0.3) is 5.91 Å². The van der Waals surface area contributed by atoms with E-state index in [0.29, 0.717) is 35.6 Å². The van der Waals surface area contributed by atoms with Crippen molar-refractivity contribution in [3.05, 3.63) is 82.3 Å². The lowest BCUT2D eigenvalue weighted by atomic mass is 10.1. The number of nitrogens with one attached hydrogen (secondary N) is 4. The number of benzene rings is 2. The molecule has 1 atom stereocenters. The predicted molar refractivity (Wildman–Crippen MR) is 151 cm³/mol. The number of imidazole rings is 1. The quantitative estimate of drug-likeness (QED) is 0.113. The first-order valence-corrected chi connectivity index (χ1v) is 12.7. The lowest BCUT2D eigenvalue weighted by molar-refractivity contribution is -0.118. The van der Waals surface area contributed by atoms with Crippen LogP contribution >= 0.6 is 23.2 Å². The Kier molecular flexibility index (Phi) is 8.75. The molecule has 0 saturated heterocycles. The zero-order valence-electron chi connectivity index (χ0n) is 20.9. The van der Waals surface area contributed by atoms with E-state index in [1.807, 2.05) is 18.2 Å². The molecule has 13 heteroatoms. The third-order valence-electron chi connectivity index (χ3n) is 5.98. The molecule has 0 unspecified atom stereocenters. The fourth-order valence-electron chi connectivity index (χ4n) is 3.95. The summed E-state index contributed by atoms with van der Waals surface area (Å²) in [5, 5.41) is 9.76. The number of hydrogen-bond donors (Lipinski definition) is 6. The van der Waals surface area contributed by atoms with E-state index >= 15 is 0 Å². The van der Waals surface area contributed by atoms with E-state index < -0.39 is 17.8 Å². The molecule has 39 heavy (non-hydrogen) atoms. The van der Waals surface area contributed by atoms with Gasteiger partial charge in [-0.25, -0.2) is 15.2 Å². The Hall–Kier alpha value is -4.06. The highest BCUT2D eigenvalue weighted by atomic mass is 35.5. The summed E-state index contributed by atoms with van der Waals surface area (Å²) < 4.78 is 14.3. The minimum atomic E-state index is -0.751. The SMILES string of the molecule is CNc1ccc2c(c1)NC(=O)CC/C=C/C[C@H](NC(=O)/C(N)=C/N(N)c1cccc(Cl)c1F)c1nc-2c(Cl)[nH]1. The molecule has 204 valence electrons. The van der Waals surface area contributed by atoms with Gasteiger partial charge in [-0.1, -0.05) is 41.4 Å². The molecule has 0 fully saturated rings. The number of fused-ring (bicyclic) bond motifs is 4. The monoisotopic (exact) mass is 572 g/mol. The minimum Gasteiger partial charge on any atom is -0.393 e. The maximum Gasteiger partial charge on any atom is 0.269 e. The highest BCUT2D eigenvalue weighted by Gasteiger charge is 2.23. The molecule has 0 spiro atoms. The second-order valence-corrected chi connectivity index (χ2v) is 9.46. The minimum absolute atomic E-state index is 0.0611. The third kappa shape index (κ3) is 6.51. The normalized spacial score (nSPS) is 16.6. The van der Waals surface area contributed by atoms with Crippen LogP contribution in [0.5, 0.6) is 0 Å². The van der Waals surface area contributed by atoms with Gasteiger partial charge in [-0.15, -0.1) is 0 Å². The Morgan fingerprint density at radius 3 is 2.82 bits per heavy atom. The Balaban J connectivity index is 1.64. The van der Waals surface area contributed by atoms with Crippen molar-refractivity contribution in [2.24, 2.45) is 11.6 Å². The van der Waals surface area contributed by atoms with Crippen LogP contribution < -0.4 is 32.5 Å². The van der Waals surface area contributed by atoms with Crippen LogP contribution in [0.15, 0.2) is 60.4 Å². The van der Waals surface area contributed by atoms with Crippen molar-refractivity contribution in [2.45, 2.75) is 25.3 Å². The van der Waals surface area contributed by atoms with Crippen LogP contribution in [0.4, 0.5) is 21.5 Å². The first-order chi connectivity index (χ1) is 18.7. The van der Waals surface area contributed by atoms with E-state index in [1.165, 1.54) is 18.2 Å². The van der Waals surface area contributed by atoms with Crippen LogP contribution in [0.3, 0.4) is 0 Å². The number of halogens is 3. The average molecular weight is 573 g/mol. The van der Waals surface area contributed by atoms with Gasteiger partial charge in [0.1, 0.15) is 22.4 Å². The van der Waals surface area contributed by atoms with Crippen molar-refractivity contribution in [2.75, 3.05) is 22.7 Å². The van der Waals surface area contributed by atoms with Gasteiger partial charge in [0.15, 0.2) is 5.82 Å². The Labute approximate surface area is 234 Å².